The molecule has 0 unspecified atom stereocenters. The van der Waals surface area contributed by atoms with Crippen LogP contribution in [0, 0.1) is 0 Å². The van der Waals surface area contributed by atoms with Crippen LogP contribution < -0.4 is 0 Å². The molecule has 1 heteroatoms. The Balaban J connectivity index is 2.74. The van der Waals surface area contributed by atoms with Gasteiger partial charge in [-0.2, -0.15) is 0 Å². The maximum Gasteiger partial charge on any atom is 0.0258 e. The van der Waals surface area contributed by atoms with E-state index >= 15 is 0 Å². The smallest absolute Gasteiger partial charge is 0.0258 e. The van der Waals surface area contributed by atoms with Crippen LogP contribution in [0.1, 0.15) is 52.9 Å². The molecule has 19 heavy (non-hydrogen) atoms. The molecule has 1 nitrogen and oxygen atoms in total. The van der Waals surface area contributed by atoms with Crippen molar-refractivity contribution in [1.29, 1.82) is 0 Å². The highest BCUT2D eigenvalue weighted by atomic mass is 15.1. The lowest BCUT2D eigenvalue weighted by molar-refractivity contribution is 0.608. The van der Waals surface area contributed by atoms with E-state index in [0.717, 1.165) is 6.42 Å². The lowest BCUT2D eigenvalue weighted by Crippen LogP contribution is -2.08. The lowest BCUT2D eigenvalue weighted by atomic mass is 10.1. The molecule has 0 aromatic heterocycles. The molecule has 0 heterocycles. The van der Waals surface area contributed by atoms with E-state index < -0.39 is 0 Å². The zero-order chi connectivity index (χ0) is 14.1. The second-order valence-electron chi connectivity index (χ2n) is 5.26. The molecule has 0 aromatic rings. The molecule has 0 atom stereocenters. The van der Waals surface area contributed by atoms with Crippen molar-refractivity contribution in [2.45, 2.75) is 52.9 Å². The van der Waals surface area contributed by atoms with Gasteiger partial charge in [0.1, 0.15) is 0 Å². The minimum absolute atomic E-state index is 0.962. The summed E-state index contributed by atoms with van der Waals surface area (Å²) in [6.07, 6.45) is 19.0. The maximum absolute atomic E-state index is 3.90. The van der Waals surface area contributed by atoms with E-state index in [9.17, 15) is 0 Å². The van der Waals surface area contributed by atoms with Crippen molar-refractivity contribution in [3.05, 3.63) is 60.1 Å². The standard InChI is InChI=1S/C18H27N/c1-5-7-8-10-17-11-9-12-18(14-13-17)19(6-2)15-16(3)4/h6,9,11,13-15H,2,5,7-8,10,12H2,1,3-4H3. The summed E-state index contributed by atoms with van der Waals surface area (Å²) in [5, 5.41) is 0. The Kier molecular flexibility index (Phi) is 7.02. The third kappa shape index (κ3) is 5.78. The lowest BCUT2D eigenvalue weighted by Gasteiger charge is -2.18. The average Bonchev–Trinajstić information content (AvgIpc) is 2.62. The average molecular weight is 257 g/mol. The Morgan fingerprint density at radius 2 is 2.11 bits per heavy atom. The van der Waals surface area contributed by atoms with Gasteiger partial charge in [-0.15, -0.1) is 0 Å². The third-order valence-electron chi connectivity index (χ3n) is 3.14. The number of unbranched alkanes of at least 4 members (excludes halogenated alkanes) is 2. The summed E-state index contributed by atoms with van der Waals surface area (Å²) >= 11 is 0. The van der Waals surface area contributed by atoms with Crippen molar-refractivity contribution < 1.29 is 0 Å². The van der Waals surface area contributed by atoms with E-state index in [1.165, 1.54) is 42.5 Å². The molecule has 0 saturated heterocycles. The van der Waals surface area contributed by atoms with Crippen molar-refractivity contribution in [3.63, 3.8) is 0 Å². The van der Waals surface area contributed by atoms with E-state index in [1.807, 2.05) is 6.20 Å². The molecule has 0 saturated carbocycles. The molecule has 0 radical (unpaired) electrons. The monoisotopic (exact) mass is 257 g/mol. The summed E-state index contributed by atoms with van der Waals surface area (Å²) < 4.78 is 0. The highest BCUT2D eigenvalue weighted by molar-refractivity contribution is 5.31. The number of allylic oxidation sites excluding steroid dienone is 6. The summed E-state index contributed by atoms with van der Waals surface area (Å²) in [6, 6.07) is 0. The first kappa shape index (κ1) is 15.6. The second kappa shape index (κ2) is 8.58. The van der Waals surface area contributed by atoms with Crippen LogP contribution in [-0.4, -0.2) is 4.90 Å². The minimum atomic E-state index is 0.962. The van der Waals surface area contributed by atoms with Crippen LogP contribution in [0.2, 0.25) is 0 Å². The van der Waals surface area contributed by atoms with Crippen molar-refractivity contribution in [1.82, 2.24) is 4.90 Å². The summed E-state index contributed by atoms with van der Waals surface area (Å²) in [5.41, 5.74) is 3.99. The molecule has 0 fully saturated rings. The predicted octanol–water partition coefficient (Wildman–Crippen LogP) is 5.71. The van der Waals surface area contributed by atoms with Crippen LogP contribution in [0.15, 0.2) is 60.1 Å². The first-order valence-electron chi connectivity index (χ1n) is 7.29. The predicted molar refractivity (Wildman–Crippen MR) is 85.5 cm³/mol. The maximum atomic E-state index is 3.90. The van der Waals surface area contributed by atoms with Gasteiger partial charge < -0.3 is 4.90 Å². The van der Waals surface area contributed by atoms with Gasteiger partial charge >= 0.3 is 0 Å². The number of rotatable bonds is 7. The Hall–Kier alpha value is -1.50. The Labute approximate surface area is 118 Å². The van der Waals surface area contributed by atoms with E-state index in [1.54, 1.807) is 0 Å². The number of nitrogens with zero attached hydrogens (tertiary/aromatic N) is 1. The Morgan fingerprint density at radius 3 is 2.74 bits per heavy atom. The number of hydrogen-bond donors (Lipinski definition) is 0. The molecule has 1 aliphatic carbocycles. The highest BCUT2D eigenvalue weighted by Gasteiger charge is 2.04. The first-order chi connectivity index (χ1) is 9.17. The molecule has 104 valence electrons. The summed E-state index contributed by atoms with van der Waals surface area (Å²) in [6.45, 7) is 10.4. The van der Waals surface area contributed by atoms with Crippen LogP contribution in [0.4, 0.5) is 0 Å². The molecule has 0 aromatic carbocycles. The van der Waals surface area contributed by atoms with Gasteiger partial charge in [-0.05, 0) is 38.3 Å². The Bertz CT molecular complexity index is 403. The minimum Gasteiger partial charge on any atom is -0.328 e. The zero-order valence-corrected chi connectivity index (χ0v) is 12.7. The van der Waals surface area contributed by atoms with Crippen molar-refractivity contribution in [2.75, 3.05) is 0 Å². The quantitative estimate of drug-likeness (QED) is 0.528. The van der Waals surface area contributed by atoms with Gasteiger partial charge in [0.25, 0.3) is 0 Å². The van der Waals surface area contributed by atoms with E-state index in [2.05, 4.69) is 62.8 Å². The van der Waals surface area contributed by atoms with Crippen LogP contribution in [0.3, 0.4) is 0 Å². The normalized spacial score (nSPS) is 14.3. The van der Waals surface area contributed by atoms with Crippen LogP contribution in [-0.2, 0) is 0 Å². The van der Waals surface area contributed by atoms with Gasteiger partial charge in [-0.3, -0.25) is 0 Å². The molecule has 0 spiro atoms. The second-order valence-corrected chi connectivity index (χ2v) is 5.26. The zero-order valence-electron chi connectivity index (χ0n) is 12.7. The van der Waals surface area contributed by atoms with Gasteiger partial charge in [0.15, 0.2) is 0 Å². The van der Waals surface area contributed by atoms with Gasteiger partial charge in [-0.25, -0.2) is 0 Å². The van der Waals surface area contributed by atoms with Crippen LogP contribution >= 0.6 is 0 Å². The van der Waals surface area contributed by atoms with Gasteiger partial charge in [-0.1, -0.05) is 50.1 Å². The molecule has 0 bridgehead atoms. The van der Waals surface area contributed by atoms with Crippen molar-refractivity contribution >= 4 is 0 Å². The Morgan fingerprint density at radius 1 is 1.32 bits per heavy atom. The fourth-order valence-electron chi connectivity index (χ4n) is 2.13. The van der Waals surface area contributed by atoms with E-state index in [4.69, 9.17) is 0 Å². The van der Waals surface area contributed by atoms with Crippen molar-refractivity contribution in [3.8, 4) is 0 Å². The largest absolute Gasteiger partial charge is 0.328 e. The molecule has 1 aliphatic rings. The molecule has 0 aliphatic heterocycles. The molecule has 0 N–H and O–H groups in total. The third-order valence-corrected chi connectivity index (χ3v) is 3.14. The van der Waals surface area contributed by atoms with E-state index in [-0.39, 0.29) is 0 Å². The molecule has 0 amide bonds. The van der Waals surface area contributed by atoms with Crippen LogP contribution in [0.5, 0.6) is 0 Å². The molecular formula is C18H27N. The van der Waals surface area contributed by atoms with Gasteiger partial charge in [0.2, 0.25) is 0 Å². The fourth-order valence-corrected chi connectivity index (χ4v) is 2.13. The first-order valence-corrected chi connectivity index (χ1v) is 7.29. The molecular weight excluding hydrogens is 230 g/mol. The van der Waals surface area contributed by atoms with Crippen molar-refractivity contribution in [2.24, 2.45) is 0 Å². The topological polar surface area (TPSA) is 3.24 Å². The molecule has 1 rings (SSSR count). The van der Waals surface area contributed by atoms with E-state index in [0.29, 0.717) is 0 Å². The summed E-state index contributed by atoms with van der Waals surface area (Å²) in [5.74, 6) is 0. The summed E-state index contributed by atoms with van der Waals surface area (Å²) in [7, 11) is 0. The summed E-state index contributed by atoms with van der Waals surface area (Å²) in [4.78, 5) is 2.12. The van der Waals surface area contributed by atoms with Crippen LogP contribution in [0.25, 0.3) is 0 Å². The fraction of sp³-hybridized carbons (Fsp3) is 0.444. The highest BCUT2D eigenvalue weighted by Crippen LogP contribution is 2.20. The SMILES string of the molecule is C=CN(C=C(C)C)C1=CC=C(CCCCC)C=CC1. The van der Waals surface area contributed by atoms with Gasteiger partial charge in [0, 0.05) is 24.5 Å². The van der Waals surface area contributed by atoms with Gasteiger partial charge in [0.05, 0.1) is 0 Å². The number of hydrogen-bond acceptors (Lipinski definition) is 1.